The van der Waals surface area contributed by atoms with Crippen LogP contribution in [-0.2, 0) is 9.59 Å². The van der Waals surface area contributed by atoms with E-state index < -0.39 is 29.3 Å². The van der Waals surface area contributed by atoms with Crippen molar-refractivity contribution in [3.8, 4) is 0 Å². The largest absolute Gasteiger partial charge is 0.480 e. The third-order valence-electron chi connectivity index (χ3n) is 3.05. The van der Waals surface area contributed by atoms with E-state index in [2.05, 4.69) is 10.6 Å². The lowest BCUT2D eigenvalue weighted by molar-refractivity contribution is -0.384. The standard InChI is InChI=1S/C16H13N3O7/c20-14(21)9-17-15(22)12(18-16(23)13-2-1-7-26-13)8-10-3-5-11(6-4-10)19(24)25/h1-8H,9H2,(H,17,22)(H,18,23)(H,20,21). The number of benzene rings is 1. The highest BCUT2D eigenvalue weighted by molar-refractivity contribution is 6.05. The summed E-state index contributed by atoms with van der Waals surface area (Å²) >= 11 is 0. The Bertz CT molecular complexity index is 854. The van der Waals surface area contributed by atoms with Crippen LogP contribution >= 0.6 is 0 Å². The molecule has 0 aliphatic heterocycles. The zero-order valence-corrected chi connectivity index (χ0v) is 13.2. The van der Waals surface area contributed by atoms with Crippen LogP contribution in [0, 0.1) is 10.1 Å². The maximum atomic E-state index is 12.1. The van der Waals surface area contributed by atoms with Gasteiger partial charge >= 0.3 is 5.97 Å². The maximum Gasteiger partial charge on any atom is 0.322 e. The molecule has 134 valence electrons. The first-order valence-corrected chi connectivity index (χ1v) is 7.18. The van der Waals surface area contributed by atoms with Gasteiger partial charge in [0.15, 0.2) is 5.76 Å². The molecule has 0 bridgehead atoms. The second kappa shape index (κ2) is 8.24. The number of non-ortho nitro benzene ring substituents is 1. The Labute approximate surface area is 146 Å². The number of nitrogens with one attached hydrogen (secondary N) is 2. The van der Waals surface area contributed by atoms with Gasteiger partial charge in [0.2, 0.25) is 0 Å². The molecule has 0 spiro atoms. The minimum absolute atomic E-state index is 0.0503. The highest BCUT2D eigenvalue weighted by Crippen LogP contribution is 2.14. The fourth-order valence-electron chi connectivity index (χ4n) is 1.86. The number of nitro groups is 1. The van der Waals surface area contributed by atoms with Crippen molar-refractivity contribution >= 4 is 29.5 Å². The van der Waals surface area contributed by atoms with Crippen molar-refractivity contribution in [3.63, 3.8) is 0 Å². The van der Waals surface area contributed by atoms with Gasteiger partial charge in [-0.1, -0.05) is 0 Å². The second-order valence-corrected chi connectivity index (χ2v) is 4.91. The van der Waals surface area contributed by atoms with Crippen LogP contribution in [0.15, 0.2) is 52.8 Å². The molecule has 1 aromatic carbocycles. The van der Waals surface area contributed by atoms with Crippen LogP contribution in [0.5, 0.6) is 0 Å². The number of rotatable bonds is 7. The molecule has 0 unspecified atom stereocenters. The number of carbonyl (C=O) groups excluding carboxylic acids is 2. The highest BCUT2D eigenvalue weighted by atomic mass is 16.6. The summed E-state index contributed by atoms with van der Waals surface area (Å²) < 4.78 is 4.93. The molecular formula is C16H13N3O7. The van der Waals surface area contributed by atoms with Gasteiger partial charge in [0.25, 0.3) is 17.5 Å². The molecule has 3 N–H and O–H groups in total. The zero-order chi connectivity index (χ0) is 19.1. The minimum Gasteiger partial charge on any atom is -0.480 e. The molecule has 2 amide bonds. The molecule has 0 radical (unpaired) electrons. The number of carbonyl (C=O) groups is 3. The maximum absolute atomic E-state index is 12.1. The summed E-state index contributed by atoms with van der Waals surface area (Å²) in [5, 5.41) is 23.8. The van der Waals surface area contributed by atoms with E-state index in [-0.39, 0.29) is 17.1 Å². The average molecular weight is 359 g/mol. The summed E-state index contributed by atoms with van der Waals surface area (Å²) in [4.78, 5) is 44.9. The molecule has 1 heterocycles. The number of aliphatic carboxylic acids is 1. The first-order chi connectivity index (χ1) is 12.4. The lowest BCUT2D eigenvalue weighted by Gasteiger charge is -2.09. The van der Waals surface area contributed by atoms with Crippen LogP contribution in [-0.4, -0.2) is 34.4 Å². The highest BCUT2D eigenvalue weighted by Gasteiger charge is 2.17. The van der Waals surface area contributed by atoms with Crippen molar-refractivity contribution in [2.24, 2.45) is 0 Å². The molecule has 2 rings (SSSR count). The summed E-state index contributed by atoms with van der Waals surface area (Å²) in [6.45, 7) is -0.646. The zero-order valence-electron chi connectivity index (χ0n) is 13.2. The number of nitro benzene ring substituents is 1. The number of amides is 2. The first-order valence-electron chi connectivity index (χ1n) is 7.18. The Balaban J connectivity index is 2.26. The van der Waals surface area contributed by atoms with Crippen LogP contribution in [0.1, 0.15) is 16.1 Å². The van der Waals surface area contributed by atoms with E-state index in [1.807, 2.05) is 0 Å². The molecule has 0 saturated heterocycles. The topological polar surface area (TPSA) is 152 Å². The molecule has 2 aromatic rings. The third-order valence-corrected chi connectivity index (χ3v) is 3.05. The number of furan rings is 1. The predicted octanol–water partition coefficient (Wildman–Crippen LogP) is 1.16. The molecule has 10 nitrogen and oxygen atoms in total. The Morgan fingerprint density at radius 1 is 1.19 bits per heavy atom. The minimum atomic E-state index is -1.26. The fourth-order valence-corrected chi connectivity index (χ4v) is 1.86. The molecule has 10 heteroatoms. The number of carboxylic acid groups (broad SMARTS) is 1. The van der Waals surface area contributed by atoms with Gasteiger partial charge in [-0.2, -0.15) is 0 Å². The molecule has 1 aromatic heterocycles. The molecule has 0 saturated carbocycles. The van der Waals surface area contributed by atoms with Gasteiger partial charge in [-0.15, -0.1) is 0 Å². The number of hydrogen-bond donors (Lipinski definition) is 3. The van der Waals surface area contributed by atoms with Crippen molar-refractivity contribution in [3.05, 3.63) is 69.8 Å². The van der Waals surface area contributed by atoms with E-state index in [1.54, 1.807) is 0 Å². The van der Waals surface area contributed by atoms with Gasteiger partial charge in [0.05, 0.1) is 11.2 Å². The second-order valence-electron chi connectivity index (χ2n) is 4.91. The van der Waals surface area contributed by atoms with Gasteiger partial charge in [0.1, 0.15) is 12.2 Å². The molecule has 0 aliphatic rings. The van der Waals surface area contributed by atoms with Gasteiger partial charge in [-0.25, -0.2) is 0 Å². The summed E-state index contributed by atoms with van der Waals surface area (Å²) in [5.41, 5.74) is -0.00373. The Hall–Kier alpha value is -3.95. The number of carboxylic acids is 1. The average Bonchev–Trinajstić information content (AvgIpc) is 3.14. The lowest BCUT2D eigenvalue weighted by Crippen LogP contribution is -2.37. The van der Waals surface area contributed by atoms with Crippen LogP contribution in [0.2, 0.25) is 0 Å². The summed E-state index contributed by atoms with van der Waals surface area (Å²) in [6.07, 6.45) is 2.53. The van der Waals surface area contributed by atoms with E-state index >= 15 is 0 Å². The van der Waals surface area contributed by atoms with Crippen LogP contribution in [0.4, 0.5) is 5.69 Å². The van der Waals surface area contributed by atoms with E-state index in [0.29, 0.717) is 5.56 Å². The number of hydrogen-bond acceptors (Lipinski definition) is 6. The third kappa shape index (κ3) is 5.03. The van der Waals surface area contributed by atoms with Gasteiger partial charge in [-0.05, 0) is 35.9 Å². The summed E-state index contributed by atoms with van der Waals surface area (Å²) in [7, 11) is 0. The Kier molecular flexibility index (Phi) is 5.83. The quantitative estimate of drug-likeness (QED) is 0.381. The van der Waals surface area contributed by atoms with Crippen LogP contribution in [0.25, 0.3) is 6.08 Å². The Morgan fingerprint density at radius 3 is 2.42 bits per heavy atom. The molecule has 0 atom stereocenters. The van der Waals surface area contributed by atoms with E-state index in [0.717, 1.165) is 0 Å². The van der Waals surface area contributed by atoms with Gasteiger partial charge in [-0.3, -0.25) is 24.5 Å². The first kappa shape index (κ1) is 18.4. The van der Waals surface area contributed by atoms with Crippen molar-refractivity contribution in [1.82, 2.24) is 10.6 Å². The molecule has 26 heavy (non-hydrogen) atoms. The molecule has 0 aliphatic carbocycles. The van der Waals surface area contributed by atoms with Crippen LogP contribution in [0.3, 0.4) is 0 Å². The van der Waals surface area contributed by atoms with Crippen molar-refractivity contribution in [2.45, 2.75) is 0 Å². The SMILES string of the molecule is O=C(O)CNC(=O)C(=Cc1ccc([N+](=O)[O-])cc1)NC(=O)c1ccco1. The van der Waals surface area contributed by atoms with Gasteiger partial charge in [0, 0.05) is 12.1 Å². The summed E-state index contributed by atoms with van der Waals surface area (Å²) in [5.74, 6) is -2.87. The summed E-state index contributed by atoms with van der Waals surface area (Å²) in [6, 6.07) is 8.08. The van der Waals surface area contributed by atoms with Crippen molar-refractivity contribution in [2.75, 3.05) is 6.54 Å². The van der Waals surface area contributed by atoms with Crippen LogP contribution < -0.4 is 10.6 Å². The molecular weight excluding hydrogens is 346 g/mol. The van der Waals surface area contributed by atoms with Gasteiger partial charge < -0.3 is 20.2 Å². The van der Waals surface area contributed by atoms with E-state index in [4.69, 9.17) is 9.52 Å². The normalized spacial score (nSPS) is 10.8. The Morgan fingerprint density at radius 2 is 1.88 bits per heavy atom. The van der Waals surface area contributed by atoms with Crippen molar-refractivity contribution in [1.29, 1.82) is 0 Å². The van der Waals surface area contributed by atoms with Crippen molar-refractivity contribution < 1.29 is 28.8 Å². The predicted molar refractivity (Wildman–Crippen MR) is 87.9 cm³/mol. The lowest BCUT2D eigenvalue weighted by atomic mass is 10.1. The van der Waals surface area contributed by atoms with E-state index in [1.165, 1.54) is 48.7 Å². The number of nitrogens with zero attached hydrogens (tertiary/aromatic N) is 1. The monoisotopic (exact) mass is 359 g/mol. The molecule has 0 fully saturated rings. The van der Waals surface area contributed by atoms with E-state index in [9.17, 15) is 24.5 Å². The fraction of sp³-hybridized carbons (Fsp3) is 0.0625. The smallest absolute Gasteiger partial charge is 0.322 e.